The van der Waals surface area contributed by atoms with Crippen LogP contribution in [0.15, 0.2) is 63.9 Å². The molecule has 1 amide bonds. The number of fused-ring (bicyclic) bond motifs is 2. The van der Waals surface area contributed by atoms with Crippen molar-refractivity contribution in [3.63, 3.8) is 0 Å². The first kappa shape index (κ1) is 21.8. The van der Waals surface area contributed by atoms with Crippen LogP contribution in [0.1, 0.15) is 17.4 Å². The van der Waals surface area contributed by atoms with Crippen molar-refractivity contribution in [1.29, 1.82) is 0 Å². The molecule has 0 saturated carbocycles. The van der Waals surface area contributed by atoms with E-state index < -0.39 is 22.4 Å². The molecule has 1 aliphatic rings. The lowest BCUT2D eigenvalue weighted by Crippen LogP contribution is -2.40. The number of aromatic nitrogens is 2. The number of carbonyl (C=O) groups excluding carboxylic acids is 1. The highest BCUT2D eigenvalue weighted by atomic mass is 32.2. The molecule has 1 aliphatic heterocycles. The Hall–Kier alpha value is -3.04. The highest BCUT2D eigenvalue weighted by molar-refractivity contribution is 8.00. The molecule has 1 unspecified atom stereocenters. The van der Waals surface area contributed by atoms with Gasteiger partial charge in [-0.15, -0.1) is 11.3 Å². The molecule has 33 heavy (non-hydrogen) atoms. The van der Waals surface area contributed by atoms with Crippen LogP contribution in [-0.4, -0.2) is 32.2 Å². The van der Waals surface area contributed by atoms with E-state index in [0.29, 0.717) is 24.0 Å². The van der Waals surface area contributed by atoms with Crippen molar-refractivity contribution in [3.8, 4) is 5.69 Å². The summed E-state index contributed by atoms with van der Waals surface area (Å²) in [6.45, 7) is 2.93. The normalized spacial score (nSPS) is 14.3. The lowest BCUT2D eigenvalue weighted by molar-refractivity contribution is -0.131. The van der Waals surface area contributed by atoms with Crippen molar-refractivity contribution in [1.82, 2.24) is 14.5 Å². The van der Waals surface area contributed by atoms with Crippen LogP contribution in [0.3, 0.4) is 0 Å². The lowest BCUT2D eigenvalue weighted by Gasteiger charge is -2.29. The predicted molar refractivity (Wildman–Crippen MR) is 126 cm³/mol. The van der Waals surface area contributed by atoms with E-state index in [1.54, 1.807) is 47.4 Å². The Labute approximate surface area is 196 Å². The van der Waals surface area contributed by atoms with Crippen molar-refractivity contribution < 1.29 is 13.6 Å². The van der Waals surface area contributed by atoms with Gasteiger partial charge in [0, 0.05) is 24.0 Å². The van der Waals surface area contributed by atoms with Crippen LogP contribution in [-0.2, 0) is 17.8 Å². The van der Waals surface area contributed by atoms with Gasteiger partial charge in [0.05, 0.1) is 21.8 Å². The number of hydrogen-bond donors (Lipinski definition) is 0. The van der Waals surface area contributed by atoms with Gasteiger partial charge in [-0.25, -0.2) is 13.8 Å². The highest BCUT2D eigenvalue weighted by Gasteiger charge is 2.28. The Morgan fingerprint density at radius 1 is 1.18 bits per heavy atom. The van der Waals surface area contributed by atoms with E-state index >= 15 is 0 Å². The number of nitrogens with zero attached hydrogens (tertiary/aromatic N) is 3. The molecule has 0 radical (unpaired) electrons. The zero-order chi connectivity index (χ0) is 23.1. The summed E-state index contributed by atoms with van der Waals surface area (Å²) in [6.07, 6.45) is 0.815. The zero-order valence-electron chi connectivity index (χ0n) is 17.6. The van der Waals surface area contributed by atoms with Crippen LogP contribution in [0.25, 0.3) is 16.6 Å². The average molecular weight is 484 g/mol. The Kier molecular flexibility index (Phi) is 5.76. The Morgan fingerprint density at radius 2 is 2.00 bits per heavy atom. The predicted octanol–water partition coefficient (Wildman–Crippen LogP) is 4.79. The number of benzene rings is 2. The van der Waals surface area contributed by atoms with Crippen molar-refractivity contribution in [2.24, 2.45) is 0 Å². The number of halogens is 2. The van der Waals surface area contributed by atoms with Gasteiger partial charge in [0.15, 0.2) is 5.16 Å². The van der Waals surface area contributed by atoms with Gasteiger partial charge in [0.1, 0.15) is 11.6 Å². The molecule has 5 nitrogen and oxygen atoms in total. The summed E-state index contributed by atoms with van der Waals surface area (Å²) in [5.41, 5.74) is 1.02. The zero-order valence-corrected chi connectivity index (χ0v) is 19.3. The largest absolute Gasteiger partial charge is 0.337 e. The summed E-state index contributed by atoms with van der Waals surface area (Å²) in [5.74, 6) is -1.70. The van der Waals surface area contributed by atoms with Crippen molar-refractivity contribution in [3.05, 3.63) is 86.3 Å². The monoisotopic (exact) mass is 483 g/mol. The fourth-order valence-corrected chi connectivity index (χ4v) is 5.86. The number of carbonyl (C=O) groups is 1. The molecule has 0 saturated heterocycles. The van der Waals surface area contributed by atoms with Crippen molar-refractivity contribution in [2.45, 2.75) is 30.3 Å². The molecule has 3 heterocycles. The molecule has 1 atom stereocenters. The molecule has 0 aliphatic carbocycles. The fraction of sp³-hybridized carbons (Fsp3) is 0.208. The Morgan fingerprint density at radius 3 is 2.82 bits per heavy atom. The average Bonchev–Trinajstić information content (AvgIpc) is 3.28. The van der Waals surface area contributed by atoms with E-state index in [9.17, 15) is 18.4 Å². The second-order valence-corrected chi connectivity index (χ2v) is 10.1. The standard InChI is InChI=1S/C24H19F2N3O2S2/c1-14(22(30)28-10-8-21-15(13-28)9-11-32-21)33-24-27-19-5-3-2-4-17(19)23(31)29(24)20-7-6-16(25)12-18(20)26/h2-7,9,11-12,14H,8,10,13H2,1H3. The van der Waals surface area contributed by atoms with E-state index in [4.69, 9.17) is 0 Å². The number of para-hydroxylation sites is 1. The third kappa shape index (κ3) is 4.06. The van der Waals surface area contributed by atoms with E-state index in [0.717, 1.165) is 40.4 Å². The molecule has 168 valence electrons. The van der Waals surface area contributed by atoms with E-state index in [1.165, 1.54) is 10.9 Å². The minimum atomic E-state index is -0.879. The number of rotatable bonds is 4. The van der Waals surface area contributed by atoms with Gasteiger partial charge in [-0.05, 0) is 54.6 Å². The van der Waals surface area contributed by atoms with Gasteiger partial charge >= 0.3 is 0 Å². The second kappa shape index (κ2) is 8.72. The summed E-state index contributed by atoms with van der Waals surface area (Å²) >= 11 is 2.80. The van der Waals surface area contributed by atoms with Crippen LogP contribution in [0.2, 0.25) is 0 Å². The maximum Gasteiger partial charge on any atom is 0.266 e. The van der Waals surface area contributed by atoms with Gasteiger partial charge in [-0.1, -0.05) is 23.9 Å². The van der Waals surface area contributed by atoms with Gasteiger partial charge in [-0.3, -0.25) is 14.2 Å². The SMILES string of the molecule is CC(Sc1nc2ccccc2c(=O)n1-c1ccc(F)cc1F)C(=O)N1CCc2sccc2C1. The number of thioether (sulfide) groups is 1. The topological polar surface area (TPSA) is 55.2 Å². The third-order valence-electron chi connectivity index (χ3n) is 5.64. The van der Waals surface area contributed by atoms with Crippen molar-refractivity contribution in [2.75, 3.05) is 6.54 Å². The van der Waals surface area contributed by atoms with E-state index in [1.807, 2.05) is 11.4 Å². The third-order valence-corrected chi connectivity index (χ3v) is 7.71. The quantitative estimate of drug-likeness (QED) is 0.309. The summed E-state index contributed by atoms with van der Waals surface area (Å²) in [6, 6.07) is 11.8. The summed E-state index contributed by atoms with van der Waals surface area (Å²) < 4.78 is 29.3. The summed E-state index contributed by atoms with van der Waals surface area (Å²) in [5, 5.41) is 1.96. The molecular formula is C24H19F2N3O2S2. The molecule has 2 aromatic heterocycles. The van der Waals surface area contributed by atoms with Crippen LogP contribution >= 0.6 is 23.1 Å². The van der Waals surface area contributed by atoms with E-state index in [2.05, 4.69) is 4.98 Å². The number of hydrogen-bond acceptors (Lipinski definition) is 5. The fourth-order valence-electron chi connectivity index (χ4n) is 3.97. The first-order valence-electron chi connectivity index (χ1n) is 10.4. The van der Waals surface area contributed by atoms with Crippen LogP contribution in [0.5, 0.6) is 0 Å². The minimum absolute atomic E-state index is 0.0783. The number of amides is 1. The summed E-state index contributed by atoms with van der Waals surface area (Å²) in [7, 11) is 0. The maximum absolute atomic E-state index is 14.7. The first-order valence-corrected chi connectivity index (χ1v) is 12.2. The molecule has 5 rings (SSSR count). The lowest BCUT2D eigenvalue weighted by atomic mass is 10.1. The maximum atomic E-state index is 14.7. The molecule has 4 aromatic rings. The first-order chi connectivity index (χ1) is 15.9. The molecule has 9 heteroatoms. The smallest absolute Gasteiger partial charge is 0.266 e. The van der Waals surface area contributed by atoms with Crippen LogP contribution < -0.4 is 5.56 Å². The van der Waals surface area contributed by atoms with Crippen LogP contribution in [0, 0.1) is 11.6 Å². The summed E-state index contributed by atoms with van der Waals surface area (Å²) in [4.78, 5) is 34.2. The molecule has 0 bridgehead atoms. The molecular weight excluding hydrogens is 464 g/mol. The Balaban J connectivity index is 1.53. The molecule has 0 fully saturated rings. The minimum Gasteiger partial charge on any atom is -0.337 e. The van der Waals surface area contributed by atoms with E-state index in [-0.39, 0.29) is 16.8 Å². The molecule has 0 spiro atoms. The number of thiophene rings is 1. The second-order valence-electron chi connectivity index (χ2n) is 7.79. The van der Waals surface area contributed by atoms with Crippen LogP contribution in [0.4, 0.5) is 8.78 Å². The van der Waals surface area contributed by atoms with Crippen molar-refractivity contribution >= 4 is 39.9 Å². The Bertz CT molecular complexity index is 1430. The van der Waals surface area contributed by atoms with Gasteiger partial charge in [0.2, 0.25) is 5.91 Å². The molecule has 2 aromatic carbocycles. The van der Waals surface area contributed by atoms with Gasteiger partial charge in [-0.2, -0.15) is 0 Å². The van der Waals surface area contributed by atoms with Gasteiger partial charge < -0.3 is 4.90 Å². The highest BCUT2D eigenvalue weighted by Crippen LogP contribution is 2.30. The van der Waals surface area contributed by atoms with Gasteiger partial charge in [0.25, 0.3) is 5.56 Å². The molecule has 0 N–H and O–H groups in total.